The maximum absolute atomic E-state index is 12.8. The van der Waals surface area contributed by atoms with Crippen LogP contribution in [0, 0.1) is 17.8 Å². The third kappa shape index (κ3) is 4.33. The van der Waals surface area contributed by atoms with Crippen molar-refractivity contribution >= 4 is 5.91 Å². The molecule has 0 radical (unpaired) electrons. The molecule has 1 saturated heterocycles. The number of hydrogen-bond donors (Lipinski definition) is 1. The predicted octanol–water partition coefficient (Wildman–Crippen LogP) is 3.61. The molecule has 1 aliphatic rings. The third-order valence-electron chi connectivity index (χ3n) is 4.75. The minimum atomic E-state index is -0.223. The van der Waals surface area contributed by atoms with E-state index in [0.717, 1.165) is 25.1 Å². The summed E-state index contributed by atoms with van der Waals surface area (Å²) < 4.78 is 0. The lowest BCUT2D eigenvalue weighted by Crippen LogP contribution is -2.45. The van der Waals surface area contributed by atoms with Gasteiger partial charge in [0.1, 0.15) is 0 Å². The summed E-state index contributed by atoms with van der Waals surface area (Å²) in [5.41, 5.74) is 7.35. The molecule has 1 amide bonds. The Kier molecular flexibility index (Phi) is 6.01. The number of nitrogens with zero attached hydrogens (tertiary/aromatic N) is 1. The second-order valence-corrected chi connectivity index (χ2v) is 7.15. The first kappa shape index (κ1) is 17.0. The van der Waals surface area contributed by atoms with Crippen LogP contribution in [0.25, 0.3) is 0 Å². The third-order valence-corrected chi connectivity index (χ3v) is 4.75. The molecule has 1 fully saturated rings. The number of benzene rings is 1. The van der Waals surface area contributed by atoms with Gasteiger partial charge >= 0.3 is 0 Å². The molecule has 1 aromatic carbocycles. The molecule has 0 bridgehead atoms. The van der Waals surface area contributed by atoms with Crippen LogP contribution in [-0.2, 0) is 4.79 Å². The van der Waals surface area contributed by atoms with E-state index in [1.54, 1.807) is 0 Å². The van der Waals surface area contributed by atoms with Crippen LogP contribution in [0.1, 0.15) is 51.6 Å². The van der Waals surface area contributed by atoms with Crippen molar-refractivity contribution in [2.24, 2.45) is 23.5 Å². The van der Waals surface area contributed by atoms with Crippen molar-refractivity contribution in [3.8, 4) is 0 Å². The van der Waals surface area contributed by atoms with E-state index in [-0.39, 0.29) is 17.9 Å². The molecule has 3 heteroatoms. The second-order valence-electron chi connectivity index (χ2n) is 7.15. The highest BCUT2D eigenvalue weighted by molar-refractivity contribution is 5.79. The van der Waals surface area contributed by atoms with Crippen LogP contribution in [0.15, 0.2) is 30.3 Å². The van der Waals surface area contributed by atoms with Crippen LogP contribution in [-0.4, -0.2) is 23.9 Å². The van der Waals surface area contributed by atoms with Crippen LogP contribution in [0.3, 0.4) is 0 Å². The Labute approximate surface area is 134 Å². The number of rotatable bonds is 5. The van der Waals surface area contributed by atoms with Crippen LogP contribution in [0.4, 0.5) is 0 Å². The van der Waals surface area contributed by atoms with Crippen molar-refractivity contribution < 1.29 is 4.79 Å². The fourth-order valence-electron chi connectivity index (χ4n) is 3.53. The first-order valence-corrected chi connectivity index (χ1v) is 8.58. The summed E-state index contributed by atoms with van der Waals surface area (Å²) in [4.78, 5) is 14.8. The minimum absolute atomic E-state index is 0.166. The minimum Gasteiger partial charge on any atom is -0.342 e. The summed E-state index contributed by atoms with van der Waals surface area (Å²) in [6, 6.07) is 9.72. The monoisotopic (exact) mass is 302 g/mol. The van der Waals surface area contributed by atoms with Crippen LogP contribution in [0.5, 0.6) is 0 Å². The van der Waals surface area contributed by atoms with Gasteiger partial charge in [0.05, 0.1) is 5.92 Å². The summed E-state index contributed by atoms with van der Waals surface area (Å²) in [6.07, 6.45) is 3.58. The first-order valence-electron chi connectivity index (χ1n) is 8.58. The molecule has 3 nitrogen and oxygen atoms in total. The van der Waals surface area contributed by atoms with E-state index in [9.17, 15) is 4.79 Å². The van der Waals surface area contributed by atoms with Gasteiger partial charge in [0, 0.05) is 19.1 Å². The molecule has 0 spiro atoms. The van der Waals surface area contributed by atoms with E-state index in [2.05, 4.69) is 13.8 Å². The van der Waals surface area contributed by atoms with Crippen molar-refractivity contribution in [1.82, 2.24) is 4.90 Å². The summed E-state index contributed by atoms with van der Waals surface area (Å²) in [5.74, 6) is 1.40. The van der Waals surface area contributed by atoms with Crippen molar-refractivity contribution in [1.29, 1.82) is 0 Å². The summed E-state index contributed by atoms with van der Waals surface area (Å²) in [5, 5.41) is 0. The average Bonchev–Trinajstić information content (AvgIpc) is 2.53. The lowest BCUT2D eigenvalue weighted by atomic mass is 9.88. The SMILES string of the molecule is CC(C)CC1CCCN(C(=O)C(C)C(N)c2ccccc2)C1. The summed E-state index contributed by atoms with van der Waals surface area (Å²) >= 11 is 0. The van der Waals surface area contributed by atoms with Crippen LogP contribution < -0.4 is 5.73 Å². The highest BCUT2D eigenvalue weighted by atomic mass is 16.2. The number of hydrogen-bond acceptors (Lipinski definition) is 2. The summed E-state index contributed by atoms with van der Waals surface area (Å²) in [7, 11) is 0. The topological polar surface area (TPSA) is 46.3 Å². The van der Waals surface area contributed by atoms with E-state index in [1.807, 2.05) is 42.2 Å². The molecule has 0 aliphatic carbocycles. The van der Waals surface area contributed by atoms with Crippen molar-refractivity contribution in [3.63, 3.8) is 0 Å². The number of likely N-dealkylation sites (tertiary alicyclic amines) is 1. The highest BCUT2D eigenvalue weighted by Gasteiger charge is 2.30. The average molecular weight is 302 g/mol. The van der Waals surface area contributed by atoms with Gasteiger partial charge in [-0.15, -0.1) is 0 Å². The van der Waals surface area contributed by atoms with Crippen molar-refractivity contribution in [3.05, 3.63) is 35.9 Å². The Morgan fingerprint density at radius 2 is 1.95 bits per heavy atom. The Morgan fingerprint density at radius 3 is 2.59 bits per heavy atom. The summed E-state index contributed by atoms with van der Waals surface area (Å²) in [6.45, 7) is 8.28. The smallest absolute Gasteiger partial charge is 0.227 e. The molecule has 122 valence electrons. The highest BCUT2D eigenvalue weighted by Crippen LogP contribution is 2.27. The maximum Gasteiger partial charge on any atom is 0.227 e. The molecule has 1 aliphatic heterocycles. The van der Waals surface area contributed by atoms with Gasteiger partial charge in [-0.2, -0.15) is 0 Å². The fraction of sp³-hybridized carbons (Fsp3) is 0.632. The number of amides is 1. The van der Waals surface area contributed by atoms with Gasteiger partial charge in [0.25, 0.3) is 0 Å². The predicted molar refractivity (Wildman–Crippen MR) is 91.3 cm³/mol. The van der Waals surface area contributed by atoms with Gasteiger partial charge in [0.2, 0.25) is 5.91 Å². The van der Waals surface area contributed by atoms with Gasteiger partial charge < -0.3 is 10.6 Å². The van der Waals surface area contributed by atoms with E-state index >= 15 is 0 Å². The molecule has 1 aromatic rings. The van der Waals surface area contributed by atoms with E-state index in [0.29, 0.717) is 11.8 Å². The van der Waals surface area contributed by atoms with E-state index < -0.39 is 0 Å². The Hall–Kier alpha value is -1.35. The number of piperidine rings is 1. The van der Waals surface area contributed by atoms with Gasteiger partial charge in [-0.05, 0) is 36.7 Å². The number of carbonyl (C=O) groups excluding carboxylic acids is 1. The fourth-order valence-corrected chi connectivity index (χ4v) is 3.53. The van der Waals surface area contributed by atoms with Crippen molar-refractivity contribution in [2.75, 3.05) is 13.1 Å². The van der Waals surface area contributed by atoms with Crippen LogP contribution in [0.2, 0.25) is 0 Å². The quantitative estimate of drug-likeness (QED) is 0.903. The molecule has 2 rings (SSSR count). The number of nitrogens with two attached hydrogens (primary N) is 1. The standard InChI is InChI=1S/C19H30N2O/c1-14(2)12-16-8-7-11-21(13-16)19(22)15(3)18(20)17-9-5-4-6-10-17/h4-6,9-10,14-16,18H,7-8,11-13,20H2,1-3H3. The molecule has 3 atom stereocenters. The van der Waals surface area contributed by atoms with Gasteiger partial charge in [-0.1, -0.05) is 51.1 Å². The lowest BCUT2D eigenvalue weighted by molar-refractivity contribution is -0.137. The van der Waals surface area contributed by atoms with Crippen LogP contribution >= 0.6 is 0 Å². The Bertz CT molecular complexity index is 472. The maximum atomic E-state index is 12.8. The molecule has 1 heterocycles. The first-order chi connectivity index (χ1) is 10.5. The molecule has 22 heavy (non-hydrogen) atoms. The second kappa shape index (κ2) is 7.77. The largest absolute Gasteiger partial charge is 0.342 e. The molecular formula is C19H30N2O. The molecule has 2 N–H and O–H groups in total. The molecule has 0 saturated carbocycles. The zero-order valence-electron chi connectivity index (χ0n) is 14.2. The lowest BCUT2D eigenvalue weighted by Gasteiger charge is -2.36. The number of carbonyl (C=O) groups is 1. The van der Waals surface area contributed by atoms with Gasteiger partial charge in [-0.25, -0.2) is 0 Å². The van der Waals surface area contributed by atoms with Gasteiger partial charge in [0.15, 0.2) is 0 Å². The Balaban J connectivity index is 1.97. The van der Waals surface area contributed by atoms with Crippen molar-refractivity contribution in [2.45, 2.75) is 46.1 Å². The van der Waals surface area contributed by atoms with E-state index in [1.165, 1.54) is 12.8 Å². The zero-order valence-corrected chi connectivity index (χ0v) is 14.2. The normalized spacial score (nSPS) is 21.7. The Morgan fingerprint density at radius 1 is 1.27 bits per heavy atom. The molecule has 0 aromatic heterocycles. The molecule has 3 unspecified atom stereocenters. The molecular weight excluding hydrogens is 272 g/mol. The van der Waals surface area contributed by atoms with Gasteiger partial charge in [-0.3, -0.25) is 4.79 Å². The van der Waals surface area contributed by atoms with E-state index in [4.69, 9.17) is 5.73 Å². The zero-order chi connectivity index (χ0) is 16.1.